The highest BCUT2D eigenvalue weighted by atomic mass is 35.5. The molecule has 3 aliphatic rings. The zero-order valence-corrected chi connectivity index (χ0v) is 13.3. The number of rotatable bonds is 2. The third-order valence-corrected chi connectivity index (χ3v) is 6.45. The molecule has 3 fully saturated rings. The van der Waals surface area contributed by atoms with E-state index in [4.69, 9.17) is 23.2 Å². The van der Waals surface area contributed by atoms with Crippen LogP contribution in [0.5, 0.6) is 0 Å². The van der Waals surface area contributed by atoms with Gasteiger partial charge in [-0.2, -0.15) is 0 Å². The van der Waals surface area contributed by atoms with E-state index in [1.165, 1.54) is 25.7 Å². The lowest BCUT2D eigenvalue weighted by atomic mass is 9.76. The Kier molecular flexibility index (Phi) is 3.42. The Morgan fingerprint density at radius 2 is 1.95 bits per heavy atom. The maximum atomic E-state index is 12.7. The summed E-state index contributed by atoms with van der Waals surface area (Å²) in [7, 11) is 0. The summed E-state index contributed by atoms with van der Waals surface area (Å²) in [5.41, 5.74) is 0.678. The van der Waals surface area contributed by atoms with Gasteiger partial charge in [0.05, 0.1) is 10.7 Å². The number of benzene rings is 1. The van der Waals surface area contributed by atoms with Gasteiger partial charge in [-0.15, -0.1) is 0 Å². The highest BCUT2D eigenvalue weighted by molar-refractivity contribution is 6.36. The van der Waals surface area contributed by atoms with Crippen LogP contribution in [-0.4, -0.2) is 5.91 Å². The molecule has 5 atom stereocenters. The van der Waals surface area contributed by atoms with Gasteiger partial charge in [-0.25, -0.2) is 0 Å². The molecular formula is C17H19Cl2NO. The predicted octanol–water partition coefficient (Wildman–Crippen LogP) is 5.00. The first-order valence-corrected chi connectivity index (χ1v) is 8.63. The molecule has 2 bridgehead atoms. The second-order valence-corrected chi connectivity index (χ2v) is 7.80. The molecule has 0 spiro atoms. The molecule has 3 aliphatic carbocycles. The molecular weight excluding hydrogens is 305 g/mol. The summed E-state index contributed by atoms with van der Waals surface area (Å²) >= 11 is 12.1. The second kappa shape index (κ2) is 5.17. The van der Waals surface area contributed by atoms with Crippen molar-refractivity contribution in [1.82, 2.24) is 0 Å². The smallest absolute Gasteiger partial charge is 0.227 e. The van der Waals surface area contributed by atoms with Gasteiger partial charge < -0.3 is 5.32 Å². The third-order valence-electron chi connectivity index (χ3n) is 5.90. The van der Waals surface area contributed by atoms with Gasteiger partial charge >= 0.3 is 0 Å². The van der Waals surface area contributed by atoms with Gasteiger partial charge in [-0.3, -0.25) is 4.79 Å². The van der Waals surface area contributed by atoms with E-state index in [0.29, 0.717) is 21.7 Å². The Bertz CT molecular complexity index is 586. The van der Waals surface area contributed by atoms with Crippen LogP contribution in [0.15, 0.2) is 18.2 Å². The minimum atomic E-state index is 0.150. The Labute approximate surface area is 135 Å². The summed E-state index contributed by atoms with van der Waals surface area (Å²) in [4.78, 5) is 12.7. The minimum absolute atomic E-state index is 0.150. The van der Waals surface area contributed by atoms with Gasteiger partial charge in [0, 0.05) is 10.9 Å². The van der Waals surface area contributed by atoms with Crippen molar-refractivity contribution in [3.8, 4) is 0 Å². The third kappa shape index (κ3) is 2.37. The number of nitrogens with one attached hydrogen (secondary N) is 1. The van der Waals surface area contributed by atoms with Crippen LogP contribution in [0, 0.1) is 29.6 Å². The fourth-order valence-corrected chi connectivity index (χ4v) is 5.52. The van der Waals surface area contributed by atoms with Crippen molar-refractivity contribution in [2.75, 3.05) is 5.32 Å². The topological polar surface area (TPSA) is 29.1 Å². The van der Waals surface area contributed by atoms with Crippen molar-refractivity contribution in [3.63, 3.8) is 0 Å². The molecule has 0 aromatic heterocycles. The standard InChI is InChI=1S/C17H19Cl2NO/c18-11-2-4-16(15(19)8-11)20-17(21)14-7-10-5-9-1-3-12(14)13(10)6-9/h2,4,8-10,12-14H,1,3,5-7H2,(H,20,21)/t9-,10+,12+,13+,14-/m1/s1. The quantitative estimate of drug-likeness (QED) is 0.814. The van der Waals surface area contributed by atoms with Crippen LogP contribution in [0.25, 0.3) is 0 Å². The maximum absolute atomic E-state index is 12.7. The van der Waals surface area contributed by atoms with Gasteiger partial charge in [-0.05, 0) is 67.6 Å². The molecule has 21 heavy (non-hydrogen) atoms. The van der Waals surface area contributed by atoms with Gasteiger partial charge in [0.2, 0.25) is 5.91 Å². The highest BCUT2D eigenvalue weighted by Crippen LogP contribution is 2.59. The number of carbonyl (C=O) groups excluding carboxylic acids is 1. The van der Waals surface area contributed by atoms with Crippen LogP contribution in [0.3, 0.4) is 0 Å². The van der Waals surface area contributed by atoms with Crippen LogP contribution in [0.2, 0.25) is 10.0 Å². The number of hydrogen-bond donors (Lipinski definition) is 1. The van der Waals surface area contributed by atoms with Crippen molar-refractivity contribution in [2.24, 2.45) is 29.6 Å². The average Bonchev–Trinajstić information content (AvgIpc) is 2.93. The van der Waals surface area contributed by atoms with E-state index in [1.807, 2.05) is 0 Å². The van der Waals surface area contributed by atoms with Crippen molar-refractivity contribution >= 4 is 34.8 Å². The predicted molar refractivity (Wildman–Crippen MR) is 85.6 cm³/mol. The van der Waals surface area contributed by atoms with Gasteiger partial charge in [0.15, 0.2) is 0 Å². The van der Waals surface area contributed by atoms with Crippen molar-refractivity contribution in [1.29, 1.82) is 0 Å². The molecule has 1 aromatic carbocycles. The van der Waals surface area contributed by atoms with Gasteiger partial charge in [0.1, 0.15) is 0 Å². The lowest BCUT2D eigenvalue weighted by molar-refractivity contribution is -0.121. The molecule has 0 radical (unpaired) electrons. The van der Waals surface area contributed by atoms with Crippen LogP contribution >= 0.6 is 23.2 Å². The fraction of sp³-hybridized carbons (Fsp3) is 0.588. The van der Waals surface area contributed by atoms with Crippen LogP contribution in [-0.2, 0) is 4.79 Å². The molecule has 4 rings (SSSR count). The zero-order valence-electron chi connectivity index (χ0n) is 11.8. The van der Waals surface area contributed by atoms with Crippen molar-refractivity contribution in [2.45, 2.75) is 32.1 Å². The first-order valence-electron chi connectivity index (χ1n) is 7.87. The molecule has 0 heterocycles. The summed E-state index contributed by atoms with van der Waals surface area (Å²) < 4.78 is 0. The van der Waals surface area contributed by atoms with Crippen LogP contribution < -0.4 is 5.32 Å². The van der Waals surface area contributed by atoms with E-state index in [-0.39, 0.29) is 11.8 Å². The number of carbonyl (C=O) groups is 1. The molecule has 0 saturated heterocycles. The number of anilines is 1. The molecule has 3 saturated carbocycles. The molecule has 1 aromatic rings. The summed E-state index contributed by atoms with van der Waals surface area (Å²) in [6.07, 6.45) is 6.34. The molecule has 0 aliphatic heterocycles. The van der Waals surface area contributed by atoms with Crippen molar-refractivity contribution < 1.29 is 4.79 Å². The molecule has 1 N–H and O–H groups in total. The molecule has 0 unspecified atom stereocenters. The number of halogens is 2. The second-order valence-electron chi connectivity index (χ2n) is 6.96. The van der Waals surface area contributed by atoms with E-state index in [1.54, 1.807) is 18.2 Å². The lowest BCUT2D eigenvalue weighted by Gasteiger charge is -2.29. The fourth-order valence-electron chi connectivity index (χ4n) is 5.07. The molecule has 1 amide bonds. The highest BCUT2D eigenvalue weighted by Gasteiger charge is 2.52. The van der Waals surface area contributed by atoms with Crippen molar-refractivity contribution in [3.05, 3.63) is 28.2 Å². The summed E-state index contributed by atoms with van der Waals surface area (Å²) in [5.74, 6) is 3.47. The minimum Gasteiger partial charge on any atom is -0.325 e. The van der Waals surface area contributed by atoms with Gasteiger partial charge in [-0.1, -0.05) is 29.6 Å². The number of amides is 1. The van der Waals surface area contributed by atoms with Crippen LogP contribution in [0.1, 0.15) is 32.1 Å². The van der Waals surface area contributed by atoms with E-state index in [0.717, 1.165) is 24.2 Å². The SMILES string of the molecule is O=C(Nc1ccc(Cl)cc1Cl)[C@@H]1C[C@@H]2C[C@H]3CC[C@H]1[C@H]2C3. The summed E-state index contributed by atoms with van der Waals surface area (Å²) in [5, 5.41) is 4.12. The Morgan fingerprint density at radius 3 is 2.76 bits per heavy atom. The first-order chi connectivity index (χ1) is 10.1. The maximum Gasteiger partial charge on any atom is 0.227 e. The van der Waals surface area contributed by atoms with E-state index in [9.17, 15) is 4.79 Å². The first kappa shape index (κ1) is 13.9. The van der Waals surface area contributed by atoms with Crippen LogP contribution in [0.4, 0.5) is 5.69 Å². The molecule has 2 nitrogen and oxygen atoms in total. The number of hydrogen-bond acceptors (Lipinski definition) is 1. The van der Waals surface area contributed by atoms with E-state index in [2.05, 4.69) is 5.32 Å². The lowest BCUT2D eigenvalue weighted by Crippen LogP contribution is -2.30. The van der Waals surface area contributed by atoms with E-state index < -0.39 is 0 Å². The molecule has 4 heteroatoms. The average molecular weight is 324 g/mol. The molecule has 112 valence electrons. The largest absolute Gasteiger partial charge is 0.325 e. The monoisotopic (exact) mass is 323 g/mol. The zero-order chi connectivity index (χ0) is 14.6. The normalized spacial score (nSPS) is 36.8. The van der Waals surface area contributed by atoms with Gasteiger partial charge in [0.25, 0.3) is 0 Å². The Balaban J connectivity index is 1.50. The Hall–Kier alpha value is -0.730. The summed E-state index contributed by atoms with van der Waals surface area (Å²) in [6.45, 7) is 0. The number of fused-ring (bicyclic) bond motifs is 1. The Morgan fingerprint density at radius 1 is 1.10 bits per heavy atom. The summed E-state index contributed by atoms with van der Waals surface area (Å²) in [6, 6.07) is 5.22. The van der Waals surface area contributed by atoms with E-state index >= 15 is 0 Å².